The topological polar surface area (TPSA) is 64.6 Å². The van der Waals surface area contributed by atoms with Gasteiger partial charge in [0.25, 0.3) is 0 Å². The highest BCUT2D eigenvalue weighted by molar-refractivity contribution is 5.87. The predicted molar refractivity (Wildman–Crippen MR) is 68.2 cm³/mol. The van der Waals surface area contributed by atoms with Crippen LogP contribution in [0.1, 0.15) is 31.1 Å². The van der Waals surface area contributed by atoms with Crippen molar-refractivity contribution in [1.82, 2.24) is 0 Å². The molecule has 0 radical (unpaired) electrons. The third-order valence-corrected chi connectivity index (χ3v) is 2.09. The summed E-state index contributed by atoms with van der Waals surface area (Å²) in [5.74, 6) is -1.04. The van der Waals surface area contributed by atoms with E-state index in [2.05, 4.69) is 5.32 Å². The van der Waals surface area contributed by atoms with Crippen molar-refractivity contribution in [2.45, 2.75) is 26.4 Å². The maximum absolute atomic E-state index is 14.0. The van der Waals surface area contributed by atoms with E-state index in [0.29, 0.717) is 6.29 Å². The molecule has 6 heteroatoms. The van der Waals surface area contributed by atoms with Gasteiger partial charge in [0.1, 0.15) is 5.60 Å². The number of hydrogen-bond donors (Lipinski definition) is 1. The molecule has 5 nitrogen and oxygen atoms in total. The van der Waals surface area contributed by atoms with Gasteiger partial charge in [0.05, 0.1) is 18.4 Å². The Morgan fingerprint density at radius 1 is 1.37 bits per heavy atom. The molecule has 0 unspecified atom stereocenters. The van der Waals surface area contributed by atoms with Gasteiger partial charge in [-0.15, -0.1) is 0 Å². The normalized spacial score (nSPS) is 10.8. The fourth-order valence-electron chi connectivity index (χ4n) is 1.38. The van der Waals surface area contributed by atoms with Crippen LogP contribution >= 0.6 is 0 Å². The molecule has 104 valence electrons. The van der Waals surface area contributed by atoms with Gasteiger partial charge in [-0.05, 0) is 32.9 Å². The standard InChI is InChI=1S/C13H16FNO4/c1-13(2,3)19-12(17)15-9-6-5-8(7-16)11(18-4)10(9)14/h5-7H,1-4H3,(H,15,17). The third-order valence-electron chi connectivity index (χ3n) is 2.09. The van der Waals surface area contributed by atoms with E-state index in [1.165, 1.54) is 19.2 Å². The molecular formula is C13H16FNO4. The number of anilines is 1. The van der Waals surface area contributed by atoms with E-state index in [9.17, 15) is 14.0 Å². The molecule has 0 fully saturated rings. The molecule has 1 amide bonds. The lowest BCUT2D eigenvalue weighted by molar-refractivity contribution is 0.0635. The number of ether oxygens (including phenoxy) is 2. The van der Waals surface area contributed by atoms with Crippen LogP contribution in [0.25, 0.3) is 0 Å². The highest BCUT2D eigenvalue weighted by Gasteiger charge is 2.19. The van der Waals surface area contributed by atoms with Crippen LogP contribution in [0.4, 0.5) is 14.9 Å². The molecule has 0 spiro atoms. The number of amides is 1. The van der Waals surface area contributed by atoms with E-state index in [1.807, 2.05) is 0 Å². The van der Waals surface area contributed by atoms with Gasteiger partial charge in [0, 0.05) is 0 Å². The van der Waals surface area contributed by atoms with Gasteiger partial charge in [0.15, 0.2) is 17.9 Å². The van der Waals surface area contributed by atoms with Crippen molar-refractivity contribution >= 4 is 18.1 Å². The smallest absolute Gasteiger partial charge is 0.412 e. The van der Waals surface area contributed by atoms with Crippen LogP contribution < -0.4 is 10.1 Å². The lowest BCUT2D eigenvalue weighted by atomic mass is 10.2. The number of carbonyl (C=O) groups is 2. The Hall–Kier alpha value is -2.11. The fraction of sp³-hybridized carbons (Fsp3) is 0.385. The zero-order chi connectivity index (χ0) is 14.6. The minimum Gasteiger partial charge on any atom is -0.493 e. The SMILES string of the molecule is COc1c(C=O)ccc(NC(=O)OC(C)(C)C)c1F. The first-order chi connectivity index (χ1) is 8.78. The number of hydrogen-bond acceptors (Lipinski definition) is 4. The Labute approximate surface area is 110 Å². The molecule has 0 aliphatic carbocycles. The van der Waals surface area contributed by atoms with E-state index >= 15 is 0 Å². The number of carbonyl (C=O) groups excluding carboxylic acids is 2. The van der Waals surface area contributed by atoms with Gasteiger partial charge in [-0.25, -0.2) is 9.18 Å². The number of nitrogens with one attached hydrogen (secondary N) is 1. The Morgan fingerprint density at radius 2 is 2.00 bits per heavy atom. The second kappa shape index (κ2) is 5.69. The Morgan fingerprint density at radius 3 is 2.47 bits per heavy atom. The van der Waals surface area contributed by atoms with Crippen molar-refractivity contribution in [1.29, 1.82) is 0 Å². The van der Waals surface area contributed by atoms with Crippen LogP contribution in [-0.2, 0) is 4.74 Å². The Kier molecular flexibility index (Phi) is 4.47. The maximum atomic E-state index is 14.0. The quantitative estimate of drug-likeness (QED) is 0.857. The van der Waals surface area contributed by atoms with Gasteiger partial charge >= 0.3 is 6.09 Å². The van der Waals surface area contributed by atoms with E-state index in [0.717, 1.165) is 0 Å². The fourth-order valence-corrected chi connectivity index (χ4v) is 1.38. The molecule has 0 atom stereocenters. The third kappa shape index (κ3) is 3.94. The average Bonchev–Trinajstić information content (AvgIpc) is 2.29. The first kappa shape index (κ1) is 14.9. The molecule has 1 aromatic carbocycles. The molecule has 0 saturated heterocycles. The van der Waals surface area contributed by atoms with Crippen molar-refractivity contribution < 1.29 is 23.5 Å². The second-order valence-corrected chi connectivity index (χ2v) is 4.79. The molecule has 0 aromatic heterocycles. The molecule has 0 heterocycles. The molecular weight excluding hydrogens is 253 g/mol. The summed E-state index contributed by atoms with van der Waals surface area (Å²) in [5.41, 5.74) is -0.737. The van der Waals surface area contributed by atoms with Crippen LogP contribution in [0, 0.1) is 5.82 Å². The van der Waals surface area contributed by atoms with Crippen molar-refractivity contribution in [3.05, 3.63) is 23.5 Å². The maximum Gasteiger partial charge on any atom is 0.412 e. The number of rotatable bonds is 3. The molecule has 0 aliphatic rings. The van der Waals surface area contributed by atoms with Crippen LogP contribution in [-0.4, -0.2) is 25.1 Å². The van der Waals surface area contributed by atoms with Crippen molar-refractivity contribution in [3.8, 4) is 5.75 Å². The summed E-state index contributed by atoms with van der Waals surface area (Å²) in [7, 11) is 1.24. The van der Waals surface area contributed by atoms with E-state index in [1.54, 1.807) is 20.8 Å². The lowest BCUT2D eigenvalue weighted by Gasteiger charge is -2.20. The molecule has 0 saturated carbocycles. The minimum absolute atomic E-state index is 0.0646. The van der Waals surface area contributed by atoms with E-state index < -0.39 is 17.5 Å². The number of halogens is 1. The molecule has 1 aromatic rings. The summed E-state index contributed by atoms with van der Waals surface area (Å²) < 4.78 is 23.8. The van der Waals surface area contributed by atoms with Crippen molar-refractivity contribution in [3.63, 3.8) is 0 Å². The van der Waals surface area contributed by atoms with Crippen LogP contribution in [0.2, 0.25) is 0 Å². The molecule has 0 bridgehead atoms. The van der Waals surface area contributed by atoms with Gasteiger partial charge in [-0.3, -0.25) is 10.1 Å². The van der Waals surface area contributed by atoms with E-state index in [4.69, 9.17) is 9.47 Å². The summed E-state index contributed by atoms with van der Waals surface area (Å²) in [6.45, 7) is 5.08. The number of aldehydes is 1. The summed E-state index contributed by atoms with van der Waals surface area (Å²) >= 11 is 0. The van der Waals surface area contributed by atoms with Gasteiger partial charge < -0.3 is 9.47 Å². The van der Waals surface area contributed by atoms with Crippen LogP contribution in [0.5, 0.6) is 5.75 Å². The zero-order valence-corrected chi connectivity index (χ0v) is 11.2. The highest BCUT2D eigenvalue weighted by atomic mass is 19.1. The summed E-state index contributed by atoms with van der Waals surface area (Å²) in [6, 6.07) is 2.62. The van der Waals surface area contributed by atoms with Crippen molar-refractivity contribution in [2.75, 3.05) is 12.4 Å². The summed E-state index contributed by atoms with van der Waals surface area (Å²) in [6.07, 6.45) is -0.314. The molecule has 1 N–H and O–H groups in total. The zero-order valence-electron chi connectivity index (χ0n) is 11.2. The highest BCUT2D eigenvalue weighted by Crippen LogP contribution is 2.28. The van der Waals surface area contributed by atoms with Gasteiger partial charge in [-0.1, -0.05) is 0 Å². The first-order valence-corrected chi connectivity index (χ1v) is 5.60. The summed E-state index contributed by atoms with van der Waals surface area (Å²) in [5, 5.41) is 2.26. The predicted octanol–water partition coefficient (Wildman–Crippen LogP) is 2.99. The Bertz CT molecular complexity index is 494. The first-order valence-electron chi connectivity index (χ1n) is 5.60. The van der Waals surface area contributed by atoms with E-state index in [-0.39, 0.29) is 17.0 Å². The number of methoxy groups -OCH3 is 1. The van der Waals surface area contributed by atoms with Crippen molar-refractivity contribution in [2.24, 2.45) is 0 Å². The van der Waals surface area contributed by atoms with Gasteiger partial charge in [0.2, 0.25) is 0 Å². The second-order valence-electron chi connectivity index (χ2n) is 4.79. The minimum atomic E-state index is -0.821. The molecule has 19 heavy (non-hydrogen) atoms. The van der Waals surface area contributed by atoms with Crippen LogP contribution in [0.3, 0.4) is 0 Å². The summed E-state index contributed by atoms with van der Waals surface area (Å²) in [4.78, 5) is 22.2. The monoisotopic (exact) mass is 269 g/mol. The number of benzene rings is 1. The average molecular weight is 269 g/mol. The van der Waals surface area contributed by atoms with Gasteiger partial charge in [-0.2, -0.15) is 0 Å². The van der Waals surface area contributed by atoms with Crippen LogP contribution in [0.15, 0.2) is 12.1 Å². The largest absolute Gasteiger partial charge is 0.493 e. The molecule has 0 aliphatic heterocycles. The molecule has 1 rings (SSSR count). The lowest BCUT2D eigenvalue weighted by Crippen LogP contribution is -2.27. The Balaban J connectivity index is 2.97.